The summed E-state index contributed by atoms with van der Waals surface area (Å²) in [6, 6.07) is 8.25. The Morgan fingerprint density at radius 1 is 1.22 bits per heavy atom. The van der Waals surface area contributed by atoms with Crippen LogP contribution in [0.4, 0.5) is 0 Å². The Bertz CT molecular complexity index is 391. The van der Waals surface area contributed by atoms with Gasteiger partial charge in [-0.25, -0.2) is 0 Å². The molecule has 0 aliphatic rings. The van der Waals surface area contributed by atoms with Crippen LogP contribution in [0.15, 0.2) is 30.3 Å². The molecule has 1 rings (SSSR count). The van der Waals surface area contributed by atoms with Crippen molar-refractivity contribution in [3.8, 4) is 0 Å². The van der Waals surface area contributed by atoms with Crippen molar-refractivity contribution in [2.45, 2.75) is 6.04 Å². The number of benzene rings is 1. The summed E-state index contributed by atoms with van der Waals surface area (Å²) in [5.74, 6) is -0.529. The molecule has 18 heavy (non-hydrogen) atoms. The quantitative estimate of drug-likeness (QED) is 0.569. The number of hydrogen-bond acceptors (Lipinski definition) is 5. The molecular formula is C13H17NO4. The summed E-state index contributed by atoms with van der Waals surface area (Å²) < 4.78 is 9.50. The van der Waals surface area contributed by atoms with Crippen LogP contribution < -0.4 is 5.32 Å². The summed E-state index contributed by atoms with van der Waals surface area (Å²) in [7, 11) is 2.78. The second kappa shape index (κ2) is 7.58. The van der Waals surface area contributed by atoms with Gasteiger partial charge in [-0.2, -0.15) is 0 Å². The molecule has 1 atom stereocenters. The molecule has 0 radical (unpaired) electrons. The lowest BCUT2D eigenvalue weighted by molar-refractivity contribution is -0.144. The van der Waals surface area contributed by atoms with Gasteiger partial charge in [-0.1, -0.05) is 30.3 Å². The number of ketones is 1. The molecule has 0 saturated heterocycles. The van der Waals surface area contributed by atoms with Crippen molar-refractivity contribution in [3.05, 3.63) is 35.9 Å². The molecule has 5 heteroatoms. The van der Waals surface area contributed by atoms with Gasteiger partial charge in [0, 0.05) is 12.7 Å². The molecular weight excluding hydrogens is 234 g/mol. The van der Waals surface area contributed by atoms with Crippen molar-refractivity contribution >= 4 is 11.8 Å². The van der Waals surface area contributed by atoms with Gasteiger partial charge in [-0.05, 0) is 0 Å². The number of esters is 1. The molecule has 1 unspecified atom stereocenters. The first-order chi connectivity index (χ1) is 8.69. The van der Waals surface area contributed by atoms with Crippen LogP contribution >= 0.6 is 0 Å². The van der Waals surface area contributed by atoms with Crippen LogP contribution in [0.2, 0.25) is 0 Å². The molecule has 0 fully saturated rings. The van der Waals surface area contributed by atoms with E-state index in [1.54, 1.807) is 24.3 Å². The SMILES string of the molecule is COCC(NCC(=O)c1ccccc1)C(=O)OC. The standard InChI is InChI=1S/C13H17NO4/c1-17-9-11(13(16)18-2)14-8-12(15)10-6-4-3-5-7-10/h3-7,11,14H,8-9H2,1-2H3. The molecule has 0 amide bonds. The number of methoxy groups -OCH3 is 2. The third kappa shape index (κ3) is 4.27. The topological polar surface area (TPSA) is 64.6 Å². The fourth-order valence-corrected chi connectivity index (χ4v) is 1.46. The van der Waals surface area contributed by atoms with Gasteiger partial charge in [-0.3, -0.25) is 14.9 Å². The molecule has 0 bridgehead atoms. The Balaban J connectivity index is 2.52. The highest BCUT2D eigenvalue weighted by molar-refractivity contribution is 5.97. The van der Waals surface area contributed by atoms with E-state index in [2.05, 4.69) is 10.1 Å². The van der Waals surface area contributed by atoms with E-state index in [-0.39, 0.29) is 18.9 Å². The van der Waals surface area contributed by atoms with Crippen molar-refractivity contribution < 1.29 is 19.1 Å². The maximum Gasteiger partial charge on any atom is 0.325 e. The van der Waals surface area contributed by atoms with Crippen molar-refractivity contribution in [1.82, 2.24) is 5.32 Å². The fourth-order valence-electron chi connectivity index (χ4n) is 1.46. The lowest BCUT2D eigenvalue weighted by atomic mass is 10.1. The van der Waals surface area contributed by atoms with Crippen LogP contribution in [-0.4, -0.2) is 45.2 Å². The molecule has 1 N–H and O–H groups in total. The molecule has 0 aliphatic heterocycles. The summed E-state index contributed by atoms with van der Waals surface area (Å²) in [6.45, 7) is 0.224. The summed E-state index contributed by atoms with van der Waals surface area (Å²) in [5.41, 5.74) is 0.603. The average molecular weight is 251 g/mol. The first kappa shape index (κ1) is 14.3. The lowest BCUT2D eigenvalue weighted by Crippen LogP contribution is -2.43. The van der Waals surface area contributed by atoms with Gasteiger partial charge < -0.3 is 9.47 Å². The van der Waals surface area contributed by atoms with E-state index in [0.717, 1.165) is 0 Å². The highest BCUT2D eigenvalue weighted by Crippen LogP contribution is 1.99. The first-order valence-electron chi connectivity index (χ1n) is 5.57. The van der Waals surface area contributed by atoms with Crippen molar-refractivity contribution in [2.75, 3.05) is 27.4 Å². The highest BCUT2D eigenvalue weighted by atomic mass is 16.5. The Morgan fingerprint density at radius 2 is 1.89 bits per heavy atom. The van der Waals surface area contributed by atoms with Gasteiger partial charge in [-0.15, -0.1) is 0 Å². The normalized spacial score (nSPS) is 11.9. The maximum atomic E-state index is 11.8. The third-order valence-electron chi connectivity index (χ3n) is 2.42. The number of rotatable bonds is 7. The third-order valence-corrected chi connectivity index (χ3v) is 2.42. The molecule has 5 nitrogen and oxygen atoms in total. The van der Waals surface area contributed by atoms with Crippen molar-refractivity contribution in [1.29, 1.82) is 0 Å². The number of ether oxygens (including phenoxy) is 2. The van der Waals surface area contributed by atoms with Crippen LogP contribution in [-0.2, 0) is 14.3 Å². The molecule has 1 aromatic carbocycles. The van der Waals surface area contributed by atoms with E-state index in [9.17, 15) is 9.59 Å². The Morgan fingerprint density at radius 3 is 2.44 bits per heavy atom. The van der Waals surface area contributed by atoms with E-state index >= 15 is 0 Å². The van der Waals surface area contributed by atoms with Crippen LogP contribution in [0.1, 0.15) is 10.4 Å². The maximum absolute atomic E-state index is 11.8. The summed E-state index contributed by atoms with van der Waals surface area (Å²) >= 11 is 0. The number of hydrogen-bond donors (Lipinski definition) is 1. The molecule has 0 saturated carbocycles. The summed E-state index contributed by atoms with van der Waals surface area (Å²) in [5, 5.41) is 2.82. The number of carbonyl (C=O) groups excluding carboxylic acids is 2. The van der Waals surface area contributed by atoms with Gasteiger partial charge in [0.05, 0.1) is 20.3 Å². The zero-order chi connectivity index (χ0) is 13.4. The van der Waals surface area contributed by atoms with Crippen LogP contribution in [0.5, 0.6) is 0 Å². The minimum absolute atomic E-state index is 0.0626. The predicted molar refractivity (Wildman–Crippen MR) is 66.5 cm³/mol. The van der Waals surface area contributed by atoms with E-state index in [1.807, 2.05) is 6.07 Å². The number of nitrogens with one attached hydrogen (secondary N) is 1. The highest BCUT2D eigenvalue weighted by Gasteiger charge is 2.19. The molecule has 0 aromatic heterocycles. The van der Waals surface area contributed by atoms with Gasteiger partial charge in [0.25, 0.3) is 0 Å². The summed E-state index contributed by atoms with van der Waals surface area (Å²) in [6.07, 6.45) is 0. The minimum Gasteiger partial charge on any atom is -0.468 e. The zero-order valence-corrected chi connectivity index (χ0v) is 10.5. The Hall–Kier alpha value is -1.72. The minimum atomic E-state index is -0.632. The van der Waals surface area contributed by atoms with E-state index < -0.39 is 12.0 Å². The van der Waals surface area contributed by atoms with Crippen LogP contribution in [0.25, 0.3) is 0 Å². The molecule has 0 spiro atoms. The van der Waals surface area contributed by atoms with Crippen molar-refractivity contribution in [2.24, 2.45) is 0 Å². The van der Waals surface area contributed by atoms with Crippen LogP contribution in [0.3, 0.4) is 0 Å². The smallest absolute Gasteiger partial charge is 0.325 e. The zero-order valence-electron chi connectivity index (χ0n) is 10.5. The van der Waals surface area contributed by atoms with Gasteiger partial charge in [0.1, 0.15) is 6.04 Å². The van der Waals surface area contributed by atoms with Gasteiger partial charge in [0.15, 0.2) is 5.78 Å². The number of Topliss-reactive ketones (excluding diaryl/α,β-unsaturated/α-hetero) is 1. The van der Waals surface area contributed by atoms with Crippen molar-refractivity contribution in [3.63, 3.8) is 0 Å². The average Bonchev–Trinajstić information content (AvgIpc) is 2.43. The molecule has 0 aliphatic carbocycles. The van der Waals surface area contributed by atoms with E-state index in [1.165, 1.54) is 14.2 Å². The molecule has 1 aromatic rings. The van der Waals surface area contributed by atoms with Gasteiger partial charge in [0.2, 0.25) is 0 Å². The van der Waals surface area contributed by atoms with E-state index in [0.29, 0.717) is 5.56 Å². The lowest BCUT2D eigenvalue weighted by Gasteiger charge is -2.14. The Kier molecular flexibility index (Phi) is 6.04. The molecule has 0 heterocycles. The predicted octanol–water partition coefficient (Wildman–Crippen LogP) is 0.647. The monoisotopic (exact) mass is 251 g/mol. The largest absolute Gasteiger partial charge is 0.468 e. The Labute approximate surface area is 106 Å². The second-order valence-corrected chi connectivity index (χ2v) is 3.70. The van der Waals surface area contributed by atoms with Crippen LogP contribution in [0, 0.1) is 0 Å². The number of carbonyl (C=O) groups is 2. The molecule has 98 valence electrons. The van der Waals surface area contributed by atoms with E-state index in [4.69, 9.17) is 4.74 Å². The first-order valence-corrected chi connectivity index (χ1v) is 5.57. The van der Waals surface area contributed by atoms with Gasteiger partial charge >= 0.3 is 5.97 Å². The second-order valence-electron chi connectivity index (χ2n) is 3.70. The summed E-state index contributed by atoms with van der Waals surface area (Å²) in [4.78, 5) is 23.2. The fraction of sp³-hybridized carbons (Fsp3) is 0.385.